The van der Waals surface area contributed by atoms with Gasteiger partial charge in [0.2, 0.25) is 0 Å². The summed E-state index contributed by atoms with van der Waals surface area (Å²) in [4.78, 5) is 23.7. The number of hydrogen-bond donors (Lipinski definition) is 2. The second-order valence-electron chi connectivity index (χ2n) is 7.00. The van der Waals surface area contributed by atoms with Crippen molar-refractivity contribution in [1.29, 1.82) is 0 Å². The molecule has 0 saturated heterocycles. The van der Waals surface area contributed by atoms with Gasteiger partial charge in [0.1, 0.15) is 18.4 Å². The molecule has 1 aromatic carbocycles. The van der Waals surface area contributed by atoms with E-state index < -0.39 is 30.0 Å². The summed E-state index contributed by atoms with van der Waals surface area (Å²) in [5.74, 6) is 0. The van der Waals surface area contributed by atoms with E-state index in [-0.39, 0.29) is 19.6 Å². The van der Waals surface area contributed by atoms with Gasteiger partial charge in [0.15, 0.2) is 0 Å². The van der Waals surface area contributed by atoms with E-state index in [0.29, 0.717) is 6.42 Å². The number of carbonyl (C=O) groups excluding carboxylic acids is 2. The van der Waals surface area contributed by atoms with Gasteiger partial charge in [-0.3, -0.25) is 0 Å². The van der Waals surface area contributed by atoms with Crippen LogP contribution in [0.1, 0.15) is 46.1 Å². The maximum Gasteiger partial charge on any atom is 0.408 e. The molecule has 0 aliphatic carbocycles. The highest BCUT2D eigenvalue weighted by Gasteiger charge is 2.26. The number of benzene rings is 1. The number of rotatable bonds is 8. The third-order valence-electron chi connectivity index (χ3n) is 3.38. The lowest BCUT2D eigenvalue weighted by molar-refractivity contribution is 0.0467. The molecule has 0 spiro atoms. The monoisotopic (exact) mass is 368 g/mol. The zero-order chi connectivity index (χ0) is 19.6. The molecule has 0 heterocycles. The molecule has 2 N–H and O–H groups in total. The molecule has 0 saturated carbocycles. The van der Waals surface area contributed by atoms with Gasteiger partial charge in [-0.05, 0) is 32.8 Å². The van der Waals surface area contributed by atoms with Gasteiger partial charge in [-0.1, -0.05) is 43.7 Å². The van der Waals surface area contributed by atoms with Gasteiger partial charge >= 0.3 is 12.2 Å². The summed E-state index contributed by atoms with van der Waals surface area (Å²) in [5.41, 5.74) is 0.160. The Kier molecular flexibility index (Phi) is 8.88. The average molecular weight is 368 g/mol. The van der Waals surface area contributed by atoms with Crippen LogP contribution in [0.4, 0.5) is 14.0 Å². The summed E-state index contributed by atoms with van der Waals surface area (Å²) in [5, 5.41) is 4.97. The van der Waals surface area contributed by atoms with Crippen molar-refractivity contribution in [2.75, 3.05) is 6.54 Å². The van der Waals surface area contributed by atoms with Crippen LogP contribution < -0.4 is 10.6 Å². The van der Waals surface area contributed by atoms with Crippen LogP contribution >= 0.6 is 0 Å². The van der Waals surface area contributed by atoms with E-state index in [9.17, 15) is 14.0 Å². The van der Waals surface area contributed by atoms with E-state index >= 15 is 0 Å². The quantitative estimate of drug-likeness (QED) is 0.728. The second-order valence-corrected chi connectivity index (χ2v) is 7.00. The number of hydrogen-bond acceptors (Lipinski definition) is 4. The van der Waals surface area contributed by atoms with Crippen LogP contribution in [-0.4, -0.2) is 36.5 Å². The lowest BCUT2D eigenvalue weighted by Gasteiger charge is -2.25. The molecule has 0 aliphatic rings. The van der Waals surface area contributed by atoms with Crippen LogP contribution in [-0.2, 0) is 16.1 Å². The molecule has 1 aromatic rings. The van der Waals surface area contributed by atoms with E-state index in [1.54, 1.807) is 20.8 Å². The molecule has 6 nitrogen and oxygen atoms in total. The van der Waals surface area contributed by atoms with Gasteiger partial charge in [-0.15, -0.1) is 0 Å². The molecule has 0 radical (unpaired) electrons. The molecule has 2 atom stereocenters. The standard InChI is InChI=1S/C19H29FN2O4/c1-5-9-15(20)16(22-18(24)26-19(2,3)4)12-21-17(23)25-13-14-10-7-6-8-11-14/h6-8,10-11,15-16H,5,9,12-13H2,1-4H3,(H,21,23)(H,22,24)/t15-,16-/m1/s1. The van der Waals surface area contributed by atoms with Gasteiger partial charge in [0.05, 0.1) is 6.04 Å². The van der Waals surface area contributed by atoms with Crippen LogP contribution in [0.3, 0.4) is 0 Å². The summed E-state index contributed by atoms with van der Waals surface area (Å²) in [6.45, 7) is 7.04. The van der Waals surface area contributed by atoms with Crippen LogP contribution in [0.15, 0.2) is 30.3 Å². The first-order chi connectivity index (χ1) is 12.2. The molecule has 1 rings (SSSR count). The molecule has 0 bridgehead atoms. The molecule has 0 unspecified atom stereocenters. The Morgan fingerprint density at radius 3 is 2.38 bits per heavy atom. The normalized spacial score (nSPS) is 13.4. The summed E-state index contributed by atoms with van der Waals surface area (Å²) in [6.07, 6.45) is -1.82. The van der Waals surface area contributed by atoms with Crippen molar-refractivity contribution in [3.63, 3.8) is 0 Å². The summed E-state index contributed by atoms with van der Waals surface area (Å²) in [7, 11) is 0. The van der Waals surface area contributed by atoms with E-state index in [1.807, 2.05) is 37.3 Å². The smallest absolute Gasteiger partial charge is 0.408 e. The fourth-order valence-corrected chi connectivity index (χ4v) is 2.17. The van der Waals surface area contributed by atoms with Crippen molar-refractivity contribution >= 4 is 12.2 Å². The van der Waals surface area contributed by atoms with Crippen molar-refractivity contribution in [2.45, 2.75) is 65.0 Å². The number of ether oxygens (including phenoxy) is 2. The highest BCUT2D eigenvalue weighted by atomic mass is 19.1. The van der Waals surface area contributed by atoms with Crippen molar-refractivity contribution in [3.05, 3.63) is 35.9 Å². The van der Waals surface area contributed by atoms with Crippen molar-refractivity contribution in [3.8, 4) is 0 Å². The molecular formula is C19H29FN2O4. The molecule has 0 aliphatic heterocycles. The molecule has 0 fully saturated rings. The Morgan fingerprint density at radius 2 is 1.81 bits per heavy atom. The Bertz CT molecular complexity index is 560. The number of carbonyl (C=O) groups is 2. The topological polar surface area (TPSA) is 76.7 Å². The predicted molar refractivity (Wildman–Crippen MR) is 97.6 cm³/mol. The largest absolute Gasteiger partial charge is 0.445 e. The van der Waals surface area contributed by atoms with E-state index in [4.69, 9.17) is 9.47 Å². The first-order valence-electron chi connectivity index (χ1n) is 8.79. The Balaban J connectivity index is 2.51. The number of amides is 2. The molecular weight excluding hydrogens is 339 g/mol. The number of alkyl halides is 1. The van der Waals surface area contributed by atoms with Crippen molar-refractivity contribution < 1.29 is 23.5 Å². The fourth-order valence-electron chi connectivity index (χ4n) is 2.17. The molecule has 0 aromatic heterocycles. The number of nitrogens with one attached hydrogen (secondary N) is 2. The minimum Gasteiger partial charge on any atom is -0.445 e. The lowest BCUT2D eigenvalue weighted by Crippen LogP contribution is -2.50. The maximum atomic E-state index is 14.3. The van der Waals surface area contributed by atoms with Gasteiger partial charge < -0.3 is 20.1 Å². The van der Waals surface area contributed by atoms with Gasteiger partial charge in [0, 0.05) is 6.54 Å². The Hall–Kier alpha value is -2.31. The maximum absolute atomic E-state index is 14.3. The predicted octanol–water partition coefficient (Wildman–Crippen LogP) is 3.94. The van der Waals surface area contributed by atoms with E-state index in [1.165, 1.54) is 0 Å². The molecule has 26 heavy (non-hydrogen) atoms. The SMILES string of the molecule is CCC[C@@H](F)[C@@H](CNC(=O)OCc1ccccc1)NC(=O)OC(C)(C)C. The van der Waals surface area contributed by atoms with Crippen LogP contribution in [0.25, 0.3) is 0 Å². The highest BCUT2D eigenvalue weighted by molar-refractivity contribution is 5.69. The summed E-state index contributed by atoms with van der Waals surface area (Å²) >= 11 is 0. The molecule has 2 amide bonds. The first kappa shape index (κ1) is 21.7. The fraction of sp³-hybridized carbons (Fsp3) is 0.579. The minimum absolute atomic E-state index is 0.0893. The molecule has 7 heteroatoms. The van der Waals surface area contributed by atoms with Crippen molar-refractivity contribution in [2.24, 2.45) is 0 Å². The second kappa shape index (κ2) is 10.6. The average Bonchev–Trinajstić information content (AvgIpc) is 2.56. The van der Waals surface area contributed by atoms with Gasteiger partial charge in [0.25, 0.3) is 0 Å². The Morgan fingerprint density at radius 1 is 1.15 bits per heavy atom. The first-order valence-corrected chi connectivity index (χ1v) is 8.79. The number of alkyl carbamates (subject to hydrolysis) is 2. The highest BCUT2D eigenvalue weighted by Crippen LogP contribution is 2.10. The minimum atomic E-state index is -1.30. The van der Waals surface area contributed by atoms with Crippen LogP contribution in [0.2, 0.25) is 0 Å². The zero-order valence-corrected chi connectivity index (χ0v) is 15.9. The third-order valence-corrected chi connectivity index (χ3v) is 3.38. The van der Waals surface area contributed by atoms with E-state index in [2.05, 4.69) is 10.6 Å². The summed E-state index contributed by atoms with van der Waals surface area (Å²) < 4.78 is 24.5. The third kappa shape index (κ3) is 9.25. The van der Waals surface area contributed by atoms with Crippen LogP contribution in [0, 0.1) is 0 Å². The van der Waals surface area contributed by atoms with Gasteiger partial charge in [-0.2, -0.15) is 0 Å². The van der Waals surface area contributed by atoms with E-state index in [0.717, 1.165) is 5.56 Å². The zero-order valence-electron chi connectivity index (χ0n) is 15.9. The summed E-state index contributed by atoms with van der Waals surface area (Å²) in [6, 6.07) is 8.32. The van der Waals surface area contributed by atoms with Crippen LogP contribution in [0.5, 0.6) is 0 Å². The number of halogens is 1. The van der Waals surface area contributed by atoms with Gasteiger partial charge in [-0.25, -0.2) is 14.0 Å². The molecule has 146 valence electrons. The lowest BCUT2D eigenvalue weighted by atomic mass is 10.1. The Labute approximate surface area is 154 Å². The van der Waals surface area contributed by atoms with Crippen molar-refractivity contribution in [1.82, 2.24) is 10.6 Å².